The summed E-state index contributed by atoms with van der Waals surface area (Å²) >= 11 is 1.76. The SMILES string of the molecule is CNc1cc(C)nc(CSc2ccc(C)cc2)n1. The van der Waals surface area contributed by atoms with Gasteiger partial charge in [-0.15, -0.1) is 11.8 Å². The summed E-state index contributed by atoms with van der Waals surface area (Å²) in [4.78, 5) is 10.1. The van der Waals surface area contributed by atoms with Gasteiger partial charge in [-0.3, -0.25) is 0 Å². The van der Waals surface area contributed by atoms with Crippen LogP contribution in [0, 0.1) is 13.8 Å². The van der Waals surface area contributed by atoms with Crippen molar-refractivity contribution in [2.45, 2.75) is 24.5 Å². The molecule has 0 atom stereocenters. The minimum Gasteiger partial charge on any atom is -0.373 e. The average molecular weight is 259 g/mol. The van der Waals surface area contributed by atoms with Gasteiger partial charge in [0.2, 0.25) is 0 Å². The Morgan fingerprint density at radius 1 is 1.11 bits per heavy atom. The molecule has 2 aromatic rings. The summed E-state index contributed by atoms with van der Waals surface area (Å²) in [5.41, 5.74) is 2.28. The molecule has 18 heavy (non-hydrogen) atoms. The van der Waals surface area contributed by atoms with Gasteiger partial charge in [-0.1, -0.05) is 17.7 Å². The number of nitrogens with one attached hydrogen (secondary N) is 1. The van der Waals surface area contributed by atoms with Crippen LogP contribution in [-0.2, 0) is 5.75 Å². The van der Waals surface area contributed by atoms with Crippen molar-refractivity contribution in [1.29, 1.82) is 0 Å². The number of hydrogen-bond donors (Lipinski definition) is 1. The number of anilines is 1. The molecular weight excluding hydrogens is 242 g/mol. The molecule has 0 saturated carbocycles. The van der Waals surface area contributed by atoms with Crippen LogP contribution >= 0.6 is 11.8 Å². The van der Waals surface area contributed by atoms with Gasteiger partial charge in [-0.2, -0.15) is 0 Å². The molecule has 0 fully saturated rings. The molecule has 0 aliphatic heterocycles. The summed E-state index contributed by atoms with van der Waals surface area (Å²) < 4.78 is 0. The third-order valence-corrected chi connectivity index (χ3v) is 3.55. The first kappa shape index (κ1) is 12.9. The van der Waals surface area contributed by atoms with E-state index in [-0.39, 0.29) is 0 Å². The summed E-state index contributed by atoms with van der Waals surface area (Å²) in [7, 11) is 1.87. The first-order chi connectivity index (χ1) is 8.67. The van der Waals surface area contributed by atoms with Crippen LogP contribution in [0.4, 0.5) is 5.82 Å². The molecule has 0 unspecified atom stereocenters. The molecular formula is C14H17N3S. The van der Waals surface area contributed by atoms with Crippen molar-refractivity contribution in [3.05, 3.63) is 47.4 Å². The van der Waals surface area contributed by atoms with Crippen molar-refractivity contribution in [2.24, 2.45) is 0 Å². The van der Waals surface area contributed by atoms with Gasteiger partial charge in [0.05, 0.1) is 5.75 Å². The van der Waals surface area contributed by atoms with Gasteiger partial charge < -0.3 is 5.32 Å². The maximum absolute atomic E-state index is 4.44. The molecule has 0 aliphatic carbocycles. The minimum absolute atomic E-state index is 0.791. The molecule has 3 nitrogen and oxygen atoms in total. The molecule has 0 spiro atoms. The lowest BCUT2D eigenvalue weighted by molar-refractivity contribution is 0.996. The molecule has 1 aromatic carbocycles. The third kappa shape index (κ3) is 3.47. The highest BCUT2D eigenvalue weighted by atomic mass is 32.2. The molecule has 2 rings (SSSR count). The fourth-order valence-electron chi connectivity index (χ4n) is 1.61. The van der Waals surface area contributed by atoms with E-state index >= 15 is 0 Å². The van der Waals surface area contributed by atoms with Crippen molar-refractivity contribution >= 4 is 17.6 Å². The van der Waals surface area contributed by atoms with Gasteiger partial charge in [0.15, 0.2) is 0 Å². The van der Waals surface area contributed by atoms with E-state index in [0.29, 0.717) is 0 Å². The van der Waals surface area contributed by atoms with Gasteiger partial charge in [0, 0.05) is 23.7 Å². The lowest BCUT2D eigenvalue weighted by Gasteiger charge is -2.05. The van der Waals surface area contributed by atoms with Crippen molar-refractivity contribution in [2.75, 3.05) is 12.4 Å². The standard InChI is InChI=1S/C14H17N3S/c1-10-4-6-12(7-5-10)18-9-14-16-11(2)8-13(15-3)17-14/h4-8H,9H2,1-3H3,(H,15,16,17). The van der Waals surface area contributed by atoms with Crippen molar-refractivity contribution < 1.29 is 0 Å². The van der Waals surface area contributed by atoms with Crippen molar-refractivity contribution in [3.8, 4) is 0 Å². The zero-order valence-electron chi connectivity index (χ0n) is 10.9. The molecule has 0 radical (unpaired) electrons. The summed E-state index contributed by atoms with van der Waals surface area (Å²) in [6.07, 6.45) is 0. The third-order valence-electron chi connectivity index (χ3n) is 2.55. The van der Waals surface area contributed by atoms with Gasteiger partial charge in [0.1, 0.15) is 11.6 Å². The van der Waals surface area contributed by atoms with E-state index in [2.05, 4.69) is 46.5 Å². The Morgan fingerprint density at radius 2 is 1.83 bits per heavy atom. The molecule has 0 saturated heterocycles. The zero-order chi connectivity index (χ0) is 13.0. The Labute approximate surface area is 112 Å². The Hall–Kier alpha value is -1.55. The maximum Gasteiger partial charge on any atom is 0.141 e. The van der Waals surface area contributed by atoms with Crippen LogP contribution in [0.25, 0.3) is 0 Å². The van der Waals surface area contributed by atoms with Gasteiger partial charge >= 0.3 is 0 Å². The number of aromatic nitrogens is 2. The molecule has 4 heteroatoms. The molecule has 0 aliphatic rings. The van der Waals surface area contributed by atoms with Crippen LogP contribution in [0.15, 0.2) is 35.2 Å². The number of aryl methyl sites for hydroxylation is 2. The number of hydrogen-bond acceptors (Lipinski definition) is 4. The second-order valence-corrected chi connectivity index (χ2v) is 5.21. The van der Waals surface area contributed by atoms with Gasteiger partial charge in [0.25, 0.3) is 0 Å². The van der Waals surface area contributed by atoms with Crippen LogP contribution in [0.2, 0.25) is 0 Å². The minimum atomic E-state index is 0.791. The fourth-order valence-corrected chi connectivity index (χ4v) is 2.36. The number of benzene rings is 1. The summed E-state index contributed by atoms with van der Waals surface area (Å²) in [5.74, 6) is 2.53. The van der Waals surface area contributed by atoms with Crippen LogP contribution in [0.3, 0.4) is 0 Å². The molecule has 94 valence electrons. The van der Waals surface area contributed by atoms with E-state index in [9.17, 15) is 0 Å². The lowest BCUT2D eigenvalue weighted by atomic mass is 10.2. The van der Waals surface area contributed by atoms with Crippen molar-refractivity contribution in [1.82, 2.24) is 9.97 Å². The normalized spacial score (nSPS) is 10.4. The maximum atomic E-state index is 4.44. The summed E-state index contributed by atoms with van der Waals surface area (Å²) in [6, 6.07) is 10.5. The van der Waals surface area contributed by atoms with E-state index < -0.39 is 0 Å². The first-order valence-electron chi connectivity index (χ1n) is 5.89. The lowest BCUT2D eigenvalue weighted by Crippen LogP contribution is -2.00. The van der Waals surface area contributed by atoms with E-state index in [1.807, 2.05) is 20.0 Å². The number of nitrogens with zero attached hydrogens (tertiary/aromatic N) is 2. The first-order valence-corrected chi connectivity index (χ1v) is 6.88. The average Bonchev–Trinajstić information content (AvgIpc) is 2.37. The smallest absolute Gasteiger partial charge is 0.141 e. The summed E-state index contributed by atoms with van der Waals surface area (Å²) in [6.45, 7) is 4.08. The fraction of sp³-hybridized carbons (Fsp3) is 0.286. The van der Waals surface area contributed by atoms with E-state index in [4.69, 9.17) is 0 Å². The van der Waals surface area contributed by atoms with Crippen LogP contribution in [0.1, 0.15) is 17.1 Å². The Morgan fingerprint density at radius 3 is 2.50 bits per heavy atom. The topological polar surface area (TPSA) is 37.8 Å². The number of rotatable bonds is 4. The van der Waals surface area contributed by atoms with Crippen molar-refractivity contribution in [3.63, 3.8) is 0 Å². The van der Waals surface area contributed by atoms with E-state index in [1.54, 1.807) is 11.8 Å². The predicted molar refractivity (Wildman–Crippen MR) is 77.1 cm³/mol. The Kier molecular flexibility index (Phi) is 4.20. The largest absolute Gasteiger partial charge is 0.373 e. The van der Waals surface area contributed by atoms with E-state index in [1.165, 1.54) is 10.5 Å². The highest BCUT2D eigenvalue weighted by Crippen LogP contribution is 2.22. The molecule has 0 amide bonds. The molecule has 1 heterocycles. The van der Waals surface area contributed by atoms with Gasteiger partial charge in [-0.05, 0) is 26.0 Å². The molecule has 1 N–H and O–H groups in total. The highest BCUT2D eigenvalue weighted by Gasteiger charge is 2.02. The Balaban J connectivity index is 2.05. The molecule has 0 bridgehead atoms. The monoisotopic (exact) mass is 259 g/mol. The second-order valence-electron chi connectivity index (χ2n) is 4.16. The zero-order valence-corrected chi connectivity index (χ0v) is 11.7. The van der Waals surface area contributed by atoms with Crippen LogP contribution in [-0.4, -0.2) is 17.0 Å². The highest BCUT2D eigenvalue weighted by molar-refractivity contribution is 7.98. The van der Waals surface area contributed by atoms with E-state index in [0.717, 1.165) is 23.1 Å². The number of thioether (sulfide) groups is 1. The van der Waals surface area contributed by atoms with Crippen LogP contribution < -0.4 is 5.32 Å². The molecule has 1 aromatic heterocycles. The van der Waals surface area contributed by atoms with Crippen LogP contribution in [0.5, 0.6) is 0 Å². The quantitative estimate of drug-likeness (QED) is 0.854. The summed E-state index contributed by atoms with van der Waals surface area (Å²) in [5, 5.41) is 3.05. The second kappa shape index (κ2) is 5.87. The van der Waals surface area contributed by atoms with Gasteiger partial charge in [-0.25, -0.2) is 9.97 Å². The Bertz CT molecular complexity index is 523. The predicted octanol–water partition coefficient (Wildman–Crippen LogP) is 3.43.